The van der Waals surface area contributed by atoms with Crippen LogP contribution in [0.3, 0.4) is 0 Å². The fourth-order valence-corrected chi connectivity index (χ4v) is 2.64. The molecule has 0 heterocycles. The lowest BCUT2D eigenvalue weighted by Gasteiger charge is -2.31. The highest BCUT2D eigenvalue weighted by atomic mass is 14.3. The first-order valence-electron chi connectivity index (χ1n) is 6.15. The summed E-state index contributed by atoms with van der Waals surface area (Å²) in [7, 11) is 0. The standard InChI is InChI=1S/C13H26/c1-5-13-8-6-10(2)12(4)11(3)7-9-13/h10-13H,5-9H2,1-4H3. The van der Waals surface area contributed by atoms with Gasteiger partial charge in [-0.15, -0.1) is 0 Å². The van der Waals surface area contributed by atoms with Crippen molar-refractivity contribution in [1.29, 1.82) is 0 Å². The molecule has 0 radical (unpaired) electrons. The lowest BCUT2D eigenvalue weighted by molar-refractivity contribution is 0.195. The summed E-state index contributed by atoms with van der Waals surface area (Å²) in [6, 6.07) is 0. The summed E-state index contributed by atoms with van der Waals surface area (Å²) in [6.45, 7) is 9.69. The molecule has 0 aromatic rings. The summed E-state index contributed by atoms with van der Waals surface area (Å²) < 4.78 is 0. The van der Waals surface area contributed by atoms with Crippen LogP contribution in [0.1, 0.15) is 59.8 Å². The van der Waals surface area contributed by atoms with Crippen LogP contribution in [0.5, 0.6) is 0 Å². The van der Waals surface area contributed by atoms with Gasteiger partial charge in [0.2, 0.25) is 0 Å². The molecule has 1 fully saturated rings. The van der Waals surface area contributed by atoms with E-state index in [0.717, 1.165) is 23.7 Å². The second-order valence-corrected chi connectivity index (χ2v) is 5.24. The number of hydrogen-bond acceptors (Lipinski definition) is 0. The summed E-state index contributed by atoms with van der Waals surface area (Å²) >= 11 is 0. The van der Waals surface area contributed by atoms with Crippen molar-refractivity contribution in [2.45, 2.75) is 59.8 Å². The predicted molar refractivity (Wildman–Crippen MR) is 59.7 cm³/mol. The average Bonchev–Trinajstić information content (AvgIpc) is 2.14. The SMILES string of the molecule is CCC1CCC(C)C(C)C(C)CC1. The van der Waals surface area contributed by atoms with E-state index in [0.29, 0.717) is 0 Å². The Morgan fingerprint density at radius 3 is 1.69 bits per heavy atom. The third-order valence-corrected chi connectivity index (χ3v) is 4.43. The van der Waals surface area contributed by atoms with Gasteiger partial charge in [0.15, 0.2) is 0 Å². The van der Waals surface area contributed by atoms with Crippen molar-refractivity contribution in [3.05, 3.63) is 0 Å². The van der Waals surface area contributed by atoms with E-state index < -0.39 is 0 Å². The van der Waals surface area contributed by atoms with E-state index >= 15 is 0 Å². The Bertz CT molecular complexity index is 125. The Hall–Kier alpha value is 0. The Morgan fingerprint density at radius 1 is 0.846 bits per heavy atom. The fourth-order valence-electron chi connectivity index (χ4n) is 2.64. The molecule has 0 saturated heterocycles. The molecule has 0 heteroatoms. The van der Waals surface area contributed by atoms with Crippen LogP contribution in [0.25, 0.3) is 0 Å². The van der Waals surface area contributed by atoms with Crippen LogP contribution < -0.4 is 0 Å². The maximum absolute atomic E-state index is 2.45. The first kappa shape index (κ1) is 11.1. The van der Waals surface area contributed by atoms with Gasteiger partial charge in [0.25, 0.3) is 0 Å². The molecule has 1 saturated carbocycles. The van der Waals surface area contributed by atoms with Crippen LogP contribution in [0.4, 0.5) is 0 Å². The van der Waals surface area contributed by atoms with E-state index in [4.69, 9.17) is 0 Å². The van der Waals surface area contributed by atoms with Crippen molar-refractivity contribution in [3.8, 4) is 0 Å². The van der Waals surface area contributed by atoms with Crippen LogP contribution in [0, 0.1) is 23.7 Å². The molecular formula is C13H26. The third-order valence-electron chi connectivity index (χ3n) is 4.43. The normalized spacial score (nSPS) is 42.5. The fraction of sp³-hybridized carbons (Fsp3) is 1.00. The average molecular weight is 182 g/mol. The highest BCUT2D eigenvalue weighted by Crippen LogP contribution is 2.34. The summed E-state index contributed by atoms with van der Waals surface area (Å²) in [5.41, 5.74) is 0. The Labute approximate surface area is 84.1 Å². The van der Waals surface area contributed by atoms with Crippen molar-refractivity contribution in [2.75, 3.05) is 0 Å². The van der Waals surface area contributed by atoms with E-state index in [-0.39, 0.29) is 0 Å². The summed E-state index contributed by atoms with van der Waals surface area (Å²) in [6.07, 6.45) is 7.28. The minimum Gasteiger partial charge on any atom is -0.0651 e. The van der Waals surface area contributed by atoms with Crippen molar-refractivity contribution in [3.63, 3.8) is 0 Å². The first-order chi connectivity index (χ1) is 6.15. The van der Waals surface area contributed by atoms with E-state index in [1.165, 1.54) is 32.1 Å². The lowest BCUT2D eigenvalue weighted by Crippen LogP contribution is -2.21. The highest BCUT2D eigenvalue weighted by molar-refractivity contribution is 4.74. The summed E-state index contributed by atoms with van der Waals surface area (Å²) in [5, 5.41) is 0. The number of hydrogen-bond donors (Lipinski definition) is 0. The second-order valence-electron chi connectivity index (χ2n) is 5.24. The van der Waals surface area contributed by atoms with Gasteiger partial charge in [-0.2, -0.15) is 0 Å². The topological polar surface area (TPSA) is 0 Å². The van der Waals surface area contributed by atoms with Gasteiger partial charge in [-0.25, -0.2) is 0 Å². The van der Waals surface area contributed by atoms with Gasteiger partial charge in [-0.3, -0.25) is 0 Å². The molecule has 78 valence electrons. The zero-order chi connectivity index (χ0) is 9.84. The molecule has 0 nitrogen and oxygen atoms in total. The molecule has 0 amide bonds. The van der Waals surface area contributed by atoms with Crippen molar-refractivity contribution < 1.29 is 0 Å². The molecule has 1 aliphatic rings. The minimum atomic E-state index is 0.942. The van der Waals surface area contributed by atoms with Crippen LogP contribution in [-0.4, -0.2) is 0 Å². The molecule has 0 aromatic heterocycles. The van der Waals surface area contributed by atoms with Crippen LogP contribution in [-0.2, 0) is 0 Å². The molecule has 13 heavy (non-hydrogen) atoms. The molecule has 0 N–H and O–H groups in total. The van der Waals surface area contributed by atoms with Gasteiger partial charge >= 0.3 is 0 Å². The van der Waals surface area contributed by atoms with Crippen molar-refractivity contribution >= 4 is 0 Å². The van der Waals surface area contributed by atoms with Gasteiger partial charge in [-0.1, -0.05) is 59.8 Å². The molecule has 2 unspecified atom stereocenters. The molecule has 2 atom stereocenters. The molecule has 1 aliphatic carbocycles. The maximum Gasteiger partial charge on any atom is -0.0391 e. The van der Waals surface area contributed by atoms with Gasteiger partial charge in [-0.05, 0) is 23.7 Å². The third kappa shape index (κ3) is 3.00. The molecule has 0 spiro atoms. The molecular weight excluding hydrogens is 156 g/mol. The predicted octanol–water partition coefficient (Wildman–Crippen LogP) is 4.49. The molecule has 1 rings (SSSR count). The summed E-state index contributed by atoms with van der Waals surface area (Å²) in [4.78, 5) is 0. The van der Waals surface area contributed by atoms with E-state index in [1.54, 1.807) is 0 Å². The van der Waals surface area contributed by atoms with Gasteiger partial charge < -0.3 is 0 Å². The van der Waals surface area contributed by atoms with Crippen LogP contribution in [0.15, 0.2) is 0 Å². The highest BCUT2D eigenvalue weighted by Gasteiger charge is 2.23. The maximum atomic E-state index is 2.45. The quantitative estimate of drug-likeness (QED) is 0.560. The molecule has 0 bridgehead atoms. The van der Waals surface area contributed by atoms with Crippen LogP contribution in [0.2, 0.25) is 0 Å². The Balaban J connectivity index is 2.48. The lowest BCUT2D eigenvalue weighted by atomic mass is 9.74. The van der Waals surface area contributed by atoms with Gasteiger partial charge in [0, 0.05) is 0 Å². The van der Waals surface area contributed by atoms with Gasteiger partial charge in [0.1, 0.15) is 0 Å². The van der Waals surface area contributed by atoms with E-state index in [1.807, 2.05) is 0 Å². The Morgan fingerprint density at radius 2 is 1.31 bits per heavy atom. The zero-order valence-corrected chi connectivity index (χ0v) is 9.84. The van der Waals surface area contributed by atoms with E-state index in [9.17, 15) is 0 Å². The van der Waals surface area contributed by atoms with Gasteiger partial charge in [0.05, 0.1) is 0 Å². The Kier molecular flexibility index (Phi) is 4.28. The van der Waals surface area contributed by atoms with Crippen molar-refractivity contribution in [2.24, 2.45) is 23.7 Å². The second kappa shape index (κ2) is 5.02. The molecule has 0 aromatic carbocycles. The first-order valence-corrected chi connectivity index (χ1v) is 6.15. The smallest absolute Gasteiger partial charge is 0.0391 e. The van der Waals surface area contributed by atoms with Crippen LogP contribution >= 0.6 is 0 Å². The minimum absolute atomic E-state index is 0.942. The largest absolute Gasteiger partial charge is 0.0651 e. The monoisotopic (exact) mass is 182 g/mol. The molecule has 0 aliphatic heterocycles. The van der Waals surface area contributed by atoms with E-state index in [2.05, 4.69) is 27.7 Å². The number of rotatable bonds is 1. The van der Waals surface area contributed by atoms with Crippen molar-refractivity contribution in [1.82, 2.24) is 0 Å². The summed E-state index contributed by atoms with van der Waals surface area (Å²) in [5.74, 6) is 3.86. The zero-order valence-electron chi connectivity index (χ0n) is 9.84.